The van der Waals surface area contributed by atoms with Crippen LogP contribution in [-0.2, 0) is 6.42 Å². The molecule has 154 valence electrons. The van der Waals surface area contributed by atoms with Crippen LogP contribution in [0.25, 0.3) is 0 Å². The van der Waals surface area contributed by atoms with E-state index in [1.165, 1.54) is 12.1 Å². The molecule has 0 amide bonds. The van der Waals surface area contributed by atoms with E-state index in [0.29, 0.717) is 46.6 Å². The van der Waals surface area contributed by atoms with Crippen molar-refractivity contribution < 1.29 is 9.18 Å². The molecule has 0 atom stereocenters. The summed E-state index contributed by atoms with van der Waals surface area (Å²) >= 11 is 6.26. The standard InChI is InChI=1S/C23H22ClFN4O/c1-13-4-7-16(10-17(13)24)26-21-20-18(11-23(2,3)12-19(20)30)28-22(29-21)27-15-8-5-14(25)6-9-15/h4-10H,11-12H2,1-3H3,(H2,26,27,28,29). The van der Waals surface area contributed by atoms with Crippen molar-refractivity contribution in [1.29, 1.82) is 0 Å². The van der Waals surface area contributed by atoms with E-state index in [4.69, 9.17) is 11.6 Å². The van der Waals surface area contributed by atoms with Crippen LogP contribution in [0.4, 0.5) is 27.5 Å². The van der Waals surface area contributed by atoms with Crippen LogP contribution in [0, 0.1) is 18.2 Å². The van der Waals surface area contributed by atoms with Crippen LogP contribution in [-0.4, -0.2) is 15.8 Å². The lowest BCUT2D eigenvalue weighted by atomic mass is 9.75. The van der Waals surface area contributed by atoms with Crippen LogP contribution in [0.3, 0.4) is 0 Å². The number of nitrogens with one attached hydrogen (secondary N) is 2. The molecule has 3 aromatic rings. The van der Waals surface area contributed by atoms with Crippen LogP contribution >= 0.6 is 11.6 Å². The molecule has 0 saturated heterocycles. The van der Waals surface area contributed by atoms with E-state index in [1.807, 2.05) is 19.1 Å². The van der Waals surface area contributed by atoms with Gasteiger partial charge < -0.3 is 10.6 Å². The highest BCUT2D eigenvalue weighted by molar-refractivity contribution is 6.31. The molecule has 0 saturated carbocycles. The molecular formula is C23H22ClFN4O. The fraction of sp³-hybridized carbons (Fsp3) is 0.261. The maximum Gasteiger partial charge on any atom is 0.229 e. The highest BCUT2D eigenvalue weighted by Crippen LogP contribution is 2.38. The Labute approximate surface area is 179 Å². The summed E-state index contributed by atoms with van der Waals surface area (Å²) in [5.74, 6) is 0.463. The molecule has 0 unspecified atom stereocenters. The summed E-state index contributed by atoms with van der Waals surface area (Å²) in [4.78, 5) is 22.1. The van der Waals surface area contributed by atoms with Crippen molar-refractivity contribution in [2.75, 3.05) is 10.6 Å². The van der Waals surface area contributed by atoms with Crippen molar-refractivity contribution >= 4 is 40.5 Å². The number of ketones is 1. The van der Waals surface area contributed by atoms with Crippen molar-refractivity contribution in [1.82, 2.24) is 9.97 Å². The number of fused-ring (bicyclic) bond motifs is 1. The highest BCUT2D eigenvalue weighted by Gasteiger charge is 2.35. The van der Waals surface area contributed by atoms with Crippen molar-refractivity contribution in [2.24, 2.45) is 5.41 Å². The summed E-state index contributed by atoms with van der Waals surface area (Å²) in [5.41, 5.74) is 3.37. The lowest BCUT2D eigenvalue weighted by Gasteiger charge is -2.30. The summed E-state index contributed by atoms with van der Waals surface area (Å²) < 4.78 is 13.2. The molecule has 2 aromatic carbocycles. The number of halogens is 2. The number of Topliss-reactive ketones (excluding diaryl/α,β-unsaturated/α-hetero) is 1. The predicted molar refractivity (Wildman–Crippen MR) is 118 cm³/mol. The number of hydrogen-bond acceptors (Lipinski definition) is 5. The van der Waals surface area contributed by atoms with E-state index in [-0.39, 0.29) is 17.0 Å². The number of carbonyl (C=O) groups is 1. The molecule has 1 aliphatic carbocycles. The van der Waals surface area contributed by atoms with E-state index in [1.54, 1.807) is 18.2 Å². The fourth-order valence-electron chi connectivity index (χ4n) is 3.58. The molecule has 30 heavy (non-hydrogen) atoms. The molecule has 0 radical (unpaired) electrons. The maximum atomic E-state index is 13.2. The van der Waals surface area contributed by atoms with Gasteiger partial charge in [-0.3, -0.25) is 4.79 Å². The van der Waals surface area contributed by atoms with Crippen LogP contribution < -0.4 is 10.6 Å². The van der Waals surface area contributed by atoms with Gasteiger partial charge in [-0.15, -0.1) is 0 Å². The molecule has 0 spiro atoms. The van der Waals surface area contributed by atoms with Gasteiger partial charge in [0.2, 0.25) is 5.95 Å². The summed E-state index contributed by atoms with van der Waals surface area (Å²) in [6.07, 6.45) is 1.08. The zero-order valence-electron chi connectivity index (χ0n) is 17.0. The first-order valence-electron chi connectivity index (χ1n) is 9.70. The van der Waals surface area contributed by atoms with Crippen LogP contribution in [0.2, 0.25) is 5.02 Å². The Bertz CT molecular complexity index is 1130. The Hall–Kier alpha value is -2.99. The van der Waals surface area contributed by atoms with E-state index in [9.17, 15) is 9.18 Å². The fourth-order valence-corrected chi connectivity index (χ4v) is 3.76. The topological polar surface area (TPSA) is 66.9 Å². The second kappa shape index (κ2) is 7.69. The third kappa shape index (κ3) is 4.28. The molecule has 5 nitrogen and oxygen atoms in total. The number of carbonyl (C=O) groups excluding carboxylic acids is 1. The monoisotopic (exact) mass is 424 g/mol. The van der Waals surface area contributed by atoms with Crippen molar-refractivity contribution in [2.45, 2.75) is 33.6 Å². The maximum absolute atomic E-state index is 13.2. The van der Waals surface area contributed by atoms with Gasteiger partial charge >= 0.3 is 0 Å². The zero-order chi connectivity index (χ0) is 21.5. The molecule has 1 heterocycles. The van der Waals surface area contributed by atoms with Crippen LogP contribution in [0.1, 0.15) is 41.9 Å². The average molecular weight is 425 g/mol. The van der Waals surface area contributed by atoms with Crippen molar-refractivity contribution in [3.63, 3.8) is 0 Å². The lowest BCUT2D eigenvalue weighted by Crippen LogP contribution is -2.29. The molecule has 7 heteroatoms. The van der Waals surface area contributed by atoms with E-state index < -0.39 is 0 Å². The molecular weight excluding hydrogens is 403 g/mol. The molecule has 2 N–H and O–H groups in total. The minimum Gasteiger partial charge on any atom is -0.339 e. The number of anilines is 4. The predicted octanol–water partition coefficient (Wildman–Crippen LogP) is 6.22. The van der Waals surface area contributed by atoms with Crippen molar-refractivity contribution in [3.05, 3.63) is 70.1 Å². The number of nitrogens with zero attached hydrogens (tertiary/aromatic N) is 2. The molecule has 1 aliphatic rings. The van der Waals surface area contributed by atoms with Crippen LogP contribution in [0.15, 0.2) is 42.5 Å². The Morgan fingerprint density at radius 1 is 1.00 bits per heavy atom. The zero-order valence-corrected chi connectivity index (χ0v) is 17.8. The van der Waals surface area contributed by atoms with Crippen molar-refractivity contribution in [3.8, 4) is 0 Å². The number of aryl methyl sites for hydroxylation is 1. The van der Waals surface area contributed by atoms with E-state index >= 15 is 0 Å². The molecule has 0 bridgehead atoms. The average Bonchev–Trinajstić information content (AvgIpc) is 2.65. The van der Waals surface area contributed by atoms with E-state index in [2.05, 4.69) is 34.4 Å². The van der Waals surface area contributed by atoms with Gasteiger partial charge in [-0.2, -0.15) is 4.98 Å². The molecule has 0 fully saturated rings. The van der Waals surface area contributed by atoms with Gasteiger partial charge in [-0.25, -0.2) is 9.37 Å². The number of benzene rings is 2. The minimum absolute atomic E-state index is 0.00953. The Kier molecular flexibility index (Phi) is 5.20. The van der Waals surface area contributed by atoms with E-state index in [0.717, 1.165) is 11.3 Å². The first-order chi connectivity index (χ1) is 14.2. The second-order valence-electron chi connectivity index (χ2n) is 8.38. The highest BCUT2D eigenvalue weighted by atomic mass is 35.5. The number of rotatable bonds is 4. The first-order valence-corrected chi connectivity index (χ1v) is 10.1. The summed E-state index contributed by atoms with van der Waals surface area (Å²) in [6.45, 7) is 6.03. The van der Waals surface area contributed by atoms with Gasteiger partial charge in [0, 0.05) is 22.8 Å². The third-order valence-corrected chi connectivity index (χ3v) is 5.49. The smallest absolute Gasteiger partial charge is 0.229 e. The Balaban J connectivity index is 1.77. The third-order valence-electron chi connectivity index (χ3n) is 5.08. The van der Waals surface area contributed by atoms with Gasteiger partial charge in [0.15, 0.2) is 5.78 Å². The van der Waals surface area contributed by atoms with Gasteiger partial charge in [-0.05, 0) is 60.7 Å². The Morgan fingerprint density at radius 3 is 2.40 bits per heavy atom. The molecule has 0 aliphatic heterocycles. The largest absolute Gasteiger partial charge is 0.339 e. The number of aromatic nitrogens is 2. The molecule has 4 rings (SSSR count). The van der Waals surface area contributed by atoms with Gasteiger partial charge in [0.1, 0.15) is 11.6 Å². The van der Waals surface area contributed by atoms with Gasteiger partial charge in [0.05, 0.1) is 11.3 Å². The quantitative estimate of drug-likeness (QED) is 0.520. The van der Waals surface area contributed by atoms with Gasteiger partial charge in [-0.1, -0.05) is 31.5 Å². The number of hydrogen-bond donors (Lipinski definition) is 2. The SMILES string of the molecule is Cc1ccc(Nc2nc(Nc3ccc(F)cc3)nc3c2C(=O)CC(C)(C)C3)cc1Cl. The minimum atomic E-state index is -0.321. The second-order valence-corrected chi connectivity index (χ2v) is 8.79. The Morgan fingerprint density at radius 2 is 1.70 bits per heavy atom. The summed E-state index contributed by atoms with van der Waals surface area (Å²) in [6, 6.07) is 11.5. The first kappa shape index (κ1) is 20.3. The van der Waals surface area contributed by atoms with Crippen LogP contribution in [0.5, 0.6) is 0 Å². The molecule has 1 aromatic heterocycles. The van der Waals surface area contributed by atoms with Gasteiger partial charge in [0.25, 0.3) is 0 Å². The normalized spacial score (nSPS) is 14.9. The summed E-state index contributed by atoms with van der Waals surface area (Å²) in [7, 11) is 0. The lowest BCUT2D eigenvalue weighted by molar-refractivity contribution is 0.0911. The summed E-state index contributed by atoms with van der Waals surface area (Å²) in [5, 5.41) is 6.97.